The van der Waals surface area contributed by atoms with Gasteiger partial charge in [0, 0.05) is 31.7 Å². The Morgan fingerprint density at radius 1 is 1.08 bits per heavy atom. The fourth-order valence-corrected chi connectivity index (χ4v) is 3.38. The maximum atomic E-state index is 12.3. The van der Waals surface area contributed by atoms with Gasteiger partial charge in [-0.2, -0.15) is 0 Å². The van der Waals surface area contributed by atoms with Crippen LogP contribution in [-0.2, 0) is 16.6 Å². The Hall–Kier alpha value is -2.71. The van der Waals surface area contributed by atoms with E-state index in [1.165, 1.54) is 19.2 Å². The van der Waals surface area contributed by atoms with Crippen LogP contribution in [0.2, 0.25) is 0 Å². The van der Waals surface area contributed by atoms with E-state index in [2.05, 4.69) is 14.7 Å². The number of rotatable bonds is 7. The number of aromatic nitrogens is 3. The smallest absolute Gasteiger partial charge is 0.240 e. The fourth-order valence-electron chi connectivity index (χ4n) is 2.36. The van der Waals surface area contributed by atoms with Crippen LogP contribution in [0.5, 0.6) is 5.75 Å². The normalized spacial score (nSPS) is 11.4. The van der Waals surface area contributed by atoms with Gasteiger partial charge in [0.25, 0.3) is 0 Å². The summed E-state index contributed by atoms with van der Waals surface area (Å²) >= 11 is 0. The summed E-state index contributed by atoms with van der Waals surface area (Å²) in [7, 11) is -2.04. The van der Waals surface area contributed by atoms with E-state index in [1.54, 1.807) is 30.7 Å². The first-order chi connectivity index (χ1) is 12.1. The van der Waals surface area contributed by atoms with Crippen LogP contribution in [0.1, 0.15) is 0 Å². The second-order valence-electron chi connectivity index (χ2n) is 5.23. The summed E-state index contributed by atoms with van der Waals surface area (Å²) in [6.07, 6.45) is 5.16. The van der Waals surface area contributed by atoms with Gasteiger partial charge in [0.2, 0.25) is 10.0 Å². The van der Waals surface area contributed by atoms with E-state index in [0.29, 0.717) is 18.1 Å². The first kappa shape index (κ1) is 17.1. The number of hydrogen-bond donors (Lipinski definition) is 1. The monoisotopic (exact) mass is 358 g/mol. The molecule has 8 heteroatoms. The van der Waals surface area contributed by atoms with E-state index in [9.17, 15) is 8.42 Å². The summed E-state index contributed by atoms with van der Waals surface area (Å²) in [4.78, 5) is 8.75. The van der Waals surface area contributed by atoms with Crippen LogP contribution in [0.15, 0.2) is 66.0 Å². The number of hydrogen-bond acceptors (Lipinski definition) is 5. The summed E-state index contributed by atoms with van der Waals surface area (Å²) in [6.45, 7) is 0.686. The van der Waals surface area contributed by atoms with Crippen molar-refractivity contribution in [3.63, 3.8) is 0 Å². The molecule has 0 amide bonds. The number of imidazole rings is 1. The molecule has 1 aromatic carbocycles. The van der Waals surface area contributed by atoms with Gasteiger partial charge in [-0.1, -0.05) is 6.07 Å². The minimum Gasteiger partial charge on any atom is -0.497 e. The zero-order valence-electron chi connectivity index (χ0n) is 13.7. The van der Waals surface area contributed by atoms with Crippen LogP contribution in [0.3, 0.4) is 0 Å². The molecule has 2 aromatic heterocycles. The molecule has 25 heavy (non-hydrogen) atoms. The standard InChI is InChI=1S/C17H18N4O3S/c1-24-14-5-7-15(8-6-14)25(22,23)20-11-13-21-12-10-19-17(21)16-4-2-3-9-18-16/h2-10,12,20H,11,13H2,1H3. The van der Waals surface area contributed by atoms with Crippen LogP contribution in [0.4, 0.5) is 0 Å². The third-order valence-corrected chi connectivity index (χ3v) is 5.10. The van der Waals surface area contributed by atoms with E-state index in [1.807, 2.05) is 22.8 Å². The molecule has 0 fully saturated rings. The van der Waals surface area contributed by atoms with Gasteiger partial charge in [-0.25, -0.2) is 18.1 Å². The Morgan fingerprint density at radius 3 is 2.56 bits per heavy atom. The van der Waals surface area contributed by atoms with Crippen LogP contribution < -0.4 is 9.46 Å². The Bertz CT molecular complexity index is 922. The highest BCUT2D eigenvalue weighted by Gasteiger charge is 2.14. The first-order valence-corrected chi connectivity index (χ1v) is 9.15. The molecule has 0 unspecified atom stereocenters. The van der Waals surface area contributed by atoms with Crippen molar-refractivity contribution in [2.24, 2.45) is 0 Å². The second kappa shape index (κ2) is 7.45. The van der Waals surface area contributed by atoms with Gasteiger partial charge in [-0.15, -0.1) is 0 Å². The lowest BCUT2D eigenvalue weighted by Crippen LogP contribution is -2.27. The predicted molar refractivity (Wildman–Crippen MR) is 93.6 cm³/mol. The van der Waals surface area contributed by atoms with Crippen LogP contribution in [0, 0.1) is 0 Å². The highest BCUT2D eigenvalue weighted by atomic mass is 32.2. The van der Waals surface area contributed by atoms with Crippen molar-refractivity contribution in [2.75, 3.05) is 13.7 Å². The van der Waals surface area contributed by atoms with E-state index in [0.717, 1.165) is 5.69 Å². The third-order valence-electron chi connectivity index (χ3n) is 3.62. The predicted octanol–water partition coefficient (Wildman–Crippen LogP) is 1.93. The number of methoxy groups -OCH3 is 1. The molecule has 0 aliphatic heterocycles. The maximum absolute atomic E-state index is 12.3. The van der Waals surface area contributed by atoms with Crippen molar-refractivity contribution in [3.05, 3.63) is 61.1 Å². The van der Waals surface area contributed by atoms with Crippen molar-refractivity contribution in [3.8, 4) is 17.3 Å². The quantitative estimate of drug-likeness (QED) is 0.697. The number of nitrogens with one attached hydrogen (secondary N) is 1. The fraction of sp³-hybridized carbons (Fsp3) is 0.176. The van der Waals surface area contributed by atoms with Crippen molar-refractivity contribution in [1.29, 1.82) is 0 Å². The number of pyridine rings is 1. The molecule has 3 rings (SSSR count). The SMILES string of the molecule is COc1ccc(S(=O)(=O)NCCn2ccnc2-c2ccccn2)cc1. The molecular weight excluding hydrogens is 340 g/mol. The minimum absolute atomic E-state index is 0.198. The Kier molecular flexibility index (Phi) is 5.11. The first-order valence-electron chi connectivity index (χ1n) is 7.66. The van der Waals surface area contributed by atoms with Gasteiger partial charge in [-0.05, 0) is 36.4 Å². The average Bonchev–Trinajstić information content (AvgIpc) is 3.11. The van der Waals surface area contributed by atoms with Gasteiger partial charge < -0.3 is 9.30 Å². The Morgan fingerprint density at radius 2 is 1.88 bits per heavy atom. The van der Waals surface area contributed by atoms with Gasteiger partial charge in [0.05, 0.1) is 12.0 Å². The zero-order valence-corrected chi connectivity index (χ0v) is 14.5. The maximum Gasteiger partial charge on any atom is 0.240 e. The molecule has 0 atom stereocenters. The molecule has 1 N–H and O–H groups in total. The number of nitrogens with zero attached hydrogens (tertiary/aromatic N) is 3. The summed E-state index contributed by atoms with van der Waals surface area (Å²) in [5, 5.41) is 0. The van der Waals surface area contributed by atoms with E-state index in [4.69, 9.17) is 4.74 Å². The highest BCUT2D eigenvalue weighted by molar-refractivity contribution is 7.89. The average molecular weight is 358 g/mol. The largest absolute Gasteiger partial charge is 0.497 e. The van der Waals surface area contributed by atoms with Crippen LogP contribution in [0.25, 0.3) is 11.5 Å². The van der Waals surface area contributed by atoms with Gasteiger partial charge in [-0.3, -0.25) is 4.98 Å². The summed E-state index contributed by atoms with van der Waals surface area (Å²) in [5.74, 6) is 1.31. The number of ether oxygens (including phenoxy) is 1. The summed E-state index contributed by atoms with van der Waals surface area (Å²) in [5.41, 5.74) is 0.741. The number of benzene rings is 1. The molecule has 0 spiro atoms. The van der Waals surface area contributed by atoms with Gasteiger partial charge >= 0.3 is 0 Å². The molecule has 0 aliphatic carbocycles. The number of sulfonamides is 1. The molecule has 3 aromatic rings. The molecule has 0 saturated heterocycles. The van der Waals surface area contributed by atoms with Crippen LogP contribution in [-0.4, -0.2) is 36.6 Å². The summed E-state index contributed by atoms with van der Waals surface area (Å²) in [6, 6.07) is 11.8. The topological polar surface area (TPSA) is 86.1 Å². The molecule has 2 heterocycles. The third kappa shape index (κ3) is 4.04. The summed E-state index contributed by atoms with van der Waals surface area (Å²) < 4.78 is 34.1. The van der Waals surface area contributed by atoms with E-state index >= 15 is 0 Å². The van der Waals surface area contributed by atoms with E-state index < -0.39 is 10.0 Å². The molecule has 0 saturated carbocycles. The van der Waals surface area contributed by atoms with Crippen molar-refractivity contribution in [1.82, 2.24) is 19.3 Å². The van der Waals surface area contributed by atoms with Crippen LogP contribution >= 0.6 is 0 Å². The minimum atomic E-state index is -3.57. The highest BCUT2D eigenvalue weighted by Crippen LogP contribution is 2.16. The lowest BCUT2D eigenvalue weighted by molar-refractivity contribution is 0.414. The molecule has 0 radical (unpaired) electrons. The van der Waals surface area contributed by atoms with Crippen molar-refractivity contribution < 1.29 is 13.2 Å². The lowest BCUT2D eigenvalue weighted by atomic mass is 10.3. The Balaban J connectivity index is 1.66. The molecule has 0 aliphatic rings. The molecule has 7 nitrogen and oxygen atoms in total. The molecule has 0 bridgehead atoms. The van der Waals surface area contributed by atoms with Gasteiger partial charge in [0.15, 0.2) is 5.82 Å². The lowest BCUT2D eigenvalue weighted by Gasteiger charge is -2.10. The second-order valence-corrected chi connectivity index (χ2v) is 7.00. The van der Waals surface area contributed by atoms with Crippen molar-refractivity contribution >= 4 is 10.0 Å². The van der Waals surface area contributed by atoms with Gasteiger partial charge in [0.1, 0.15) is 11.4 Å². The molecule has 130 valence electrons. The Labute approximate surface area is 146 Å². The van der Waals surface area contributed by atoms with E-state index in [-0.39, 0.29) is 11.4 Å². The zero-order chi connectivity index (χ0) is 17.7. The molecular formula is C17H18N4O3S. The van der Waals surface area contributed by atoms with Crippen molar-refractivity contribution in [2.45, 2.75) is 11.4 Å².